The van der Waals surface area contributed by atoms with Gasteiger partial charge in [-0.1, -0.05) is 24.0 Å². The highest BCUT2D eigenvalue weighted by atomic mass is 16.5. The van der Waals surface area contributed by atoms with E-state index in [-0.39, 0.29) is 36.2 Å². The van der Waals surface area contributed by atoms with Gasteiger partial charge < -0.3 is 18.8 Å². The van der Waals surface area contributed by atoms with Crippen molar-refractivity contribution in [2.75, 3.05) is 6.61 Å². The van der Waals surface area contributed by atoms with E-state index < -0.39 is 29.7 Å². The number of piperidine rings is 1. The van der Waals surface area contributed by atoms with Crippen molar-refractivity contribution in [3.8, 4) is 40.5 Å². The van der Waals surface area contributed by atoms with Crippen LogP contribution < -0.4 is 19.5 Å². The fraction of sp³-hybridized carbons (Fsp3) is 0.267. The van der Waals surface area contributed by atoms with Crippen molar-refractivity contribution >= 4 is 45.4 Å². The van der Waals surface area contributed by atoms with Gasteiger partial charge in [0.15, 0.2) is 0 Å². The standard InChI is InChI=1S/C45H38N6O7/c1-50-37-17-18-46-26-36(37)33-11-8-28(20-39(33)50)29-9-16-42(48-25-29)58-32-21-31(22-32)57-41-15-7-27(24-47-41)6-4-2-3-5-19-56-30-10-12-34-35(23-30)45(55)51(44(34)54)38-13-14-40(52)49-43(38)53/h7-12,15-18,20,23-26,31-32,38H,2-3,5,13-14,19,21-22H2,1H3,(H,49,52,53)/t31-,32+,38?. The summed E-state index contributed by atoms with van der Waals surface area (Å²) < 4.78 is 20.2. The van der Waals surface area contributed by atoms with Crippen molar-refractivity contribution in [1.29, 1.82) is 0 Å². The van der Waals surface area contributed by atoms with E-state index in [9.17, 15) is 19.2 Å². The quantitative estimate of drug-likeness (QED) is 0.0918. The molecule has 1 saturated carbocycles. The second-order valence-electron chi connectivity index (χ2n) is 14.7. The van der Waals surface area contributed by atoms with Crippen LogP contribution in [0.3, 0.4) is 0 Å². The first-order valence-electron chi connectivity index (χ1n) is 19.3. The van der Waals surface area contributed by atoms with Crippen molar-refractivity contribution in [3.63, 3.8) is 0 Å². The summed E-state index contributed by atoms with van der Waals surface area (Å²) in [5, 5.41) is 4.52. The Kier molecular flexibility index (Phi) is 9.75. The van der Waals surface area contributed by atoms with E-state index in [1.165, 1.54) is 17.5 Å². The number of unbranched alkanes of at least 4 members (excludes halogenated alkanes) is 2. The Morgan fingerprint density at radius 3 is 2.31 bits per heavy atom. The summed E-state index contributed by atoms with van der Waals surface area (Å²) >= 11 is 0. The van der Waals surface area contributed by atoms with Gasteiger partial charge in [-0.2, -0.15) is 0 Å². The molecule has 9 rings (SSSR count). The Morgan fingerprint density at radius 1 is 0.776 bits per heavy atom. The number of hydrogen-bond donors (Lipinski definition) is 1. The summed E-state index contributed by atoms with van der Waals surface area (Å²) in [5.74, 6) is 5.76. The molecule has 58 heavy (non-hydrogen) atoms. The number of carbonyl (C=O) groups is 4. The smallest absolute Gasteiger partial charge is 0.262 e. The second kappa shape index (κ2) is 15.5. The molecule has 2 fully saturated rings. The predicted octanol–water partition coefficient (Wildman–Crippen LogP) is 6.17. The maximum atomic E-state index is 13.0. The van der Waals surface area contributed by atoms with Crippen molar-refractivity contribution in [3.05, 3.63) is 108 Å². The van der Waals surface area contributed by atoms with E-state index >= 15 is 0 Å². The maximum absolute atomic E-state index is 13.0. The number of hydrogen-bond acceptors (Lipinski definition) is 10. The largest absolute Gasteiger partial charge is 0.494 e. The molecule has 1 atom stereocenters. The van der Waals surface area contributed by atoms with Crippen LogP contribution in [0.25, 0.3) is 32.9 Å². The molecule has 4 amide bonds. The van der Waals surface area contributed by atoms with Crippen LogP contribution in [0.5, 0.6) is 17.5 Å². The van der Waals surface area contributed by atoms with Crippen LogP contribution in [0.4, 0.5) is 0 Å². The van der Waals surface area contributed by atoms with E-state index in [1.807, 2.05) is 48.9 Å². The average Bonchev–Trinajstić information content (AvgIpc) is 3.65. The van der Waals surface area contributed by atoms with Crippen LogP contribution in [0.2, 0.25) is 0 Å². The number of imide groups is 2. The third kappa shape index (κ3) is 7.20. The molecule has 0 spiro atoms. The monoisotopic (exact) mass is 774 g/mol. The van der Waals surface area contributed by atoms with Crippen molar-refractivity contribution in [2.24, 2.45) is 7.05 Å². The Balaban J connectivity index is 0.683. The number of nitrogens with zero attached hydrogens (tertiary/aromatic N) is 5. The van der Waals surface area contributed by atoms with Gasteiger partial charge in [0.25, 0.3) is 11.8 Å². The average molecular weight is 775 g/mol. The number of amides is 4. The van der Waals surface area contributed by atoms with E-state index in [1.54, 1.807) is 12.3 Å². The number of carbonyl (C=O) groups excluding carboxylic acids is 4. The molecule has 2 aromatic carbocycles. The highest BCUT2D eigenvalue weighted by Gasteiger charge is 2.44. The summed E-state index contributed by atoms with van der Waals surface area (Å²) in [7, 11) is 2.07. The second-order valence-corrected chi connectivity index (χ2v) is 14.7. The minimum atomic E-state index is -1.00. The lowest BCUT2D eigenvalue weighted by molar-refractivity contribution is -0.136. The number of fused-ring (bicyclic) bond motifs is 4. The first-order valence-corrected chi connectivity index (χ1v) is 19.3. The number of ether oxygens (including phenoxy) is 3. The van der Waals surface area contributed by atoms with E-state index in [0.717, 1.165) is 63.7 Å². The van der Waals surface area contributed by atoms with Crippen LogP contribution >= 0.6 is 0 Å². The molecule has 1 saturated heterocycles. The first kappa shape index (κ1) is 36.6. The summed E-state index contributed by atoms with van der Waals surface area (Å²) in [4.78, 5) is 64.0. The molecule has 3 aliphatic rings. The molecule has 0 bridgehead atoms. The van der Waals surface area contributed by atoms with E-state index in [2.05, 4.69) is 61.9 Å². The minimum absolute atomic E-state index is 0.0194. The fourth-order valence-electron chi connectivity index (χ4n) is 7.64. The zero-order valence-corrected chi connectivity index (χ0v) is 31.6. The molecule has 6 aromatic rings. The number of nitrogens with one attached hydrogen (secondary N) is 1. The van der Waals surface area contributed by atoms with Gasteiger partial charge in [0.05, 0.1) is 23.3 Å². The van der Waals surface area contributed by atoms with Crippen LogP contribution in [0, 0.1) is 11.8 Å². The molecule has 2 aliphatic heterocycles. The molecule has 1 N–H and O–H groups in total. The highest BCUT2D eigenvalue weighted by Crippen LogP contribution is 2.34. The molecule has 13 heteroatoms. The summed E-state index contributed by atoms with van der Waals surface area (Å²) in [6.45, 7) is 0.408. The first-order chi connectivity index (χ1) is 28.3. The number of aromatic nitrogens is 4. The zero-order chi connectivity index (χ0) is 39.8. The predicted molar refractivity (Wildman–Crippen MR) is 213 cm³/mol. The minimum Gasteiger partial charge on any atom is -0.494 e. The molecule has 1 unspecified atom stereocenters. The summed E-state index contributed by atoms with van der Waals surface area (Å²) in [5.41, 5.74) is 5.62. The molecule has 13 nitrogen and oxygen atoms in total. The molecular weight excluding hydrogens is 737 g/mol. The van der Waals surface area contributed by atoms with Gasteiger partial charge in [0.1, 0.15) is 24.0 Å². The van der Waals surface area contributed by atoms with Crippen molar-refractivity contribution in [1.82, 2.24) is 29.7 Å². The Hall–Kier alpha value is -7.07. The van der Waals surface area contributed by atoms with Crippen LogP contribution in [-0.4, -0.2) is 72.9 Å². The molecule has 290 valence electrons. The zero-order valence-electron chi connectivity index (χ0n) is 31.6. The summed E-state index contributed by atoms with van der Waals surface area (Å²) in [6, 6.07) is 19.9. The Labute approximate surface area is 333 Å². The van der Waals surface area contributed by atoms with Crippen molar-refractivity contribution in [2.45, 2.75) is 63.2 Å². The normalized spacial score (nSPS) is 18.7. The third-order valence-electron chi connectivity index (χ3n) is 10.8. The van der Waals surface area contributed by atoms with E-state index in [4.69, 9.17) is 14.2 Å². The van der Waals surface area contributed by atoms with Gasteiger partial charge in [0.2, 0.25) is 23.6 Å². The van der Waals surface area contributed by atoms with E-state index in [0.29, 0.717) is 30.5 Å². The van der Waals surface area contributed by atoms with Gasteiger partial charge in [-0.25, -0.2) is 9.97 Å². The number of rotatable bonds is 11. The van der Waals surface area contributed by atoms with Crippen LogP contribution in [-0.2, 0) is 16.6 Å². The maximum Gasteiger partial charge on any atom is 0.262 e. The lowest BCUT2D eigenvalue weighted by Crippen LogP contribution is -2.54. The van der Waals surface area contributed by atoms with Gasteiger partial charge in [-0.3, -0.25) is 34.4 Å². The van der Waals surface area contributed by atoms with Gasteiger partial charge in [-0.15, -0.1) is 0 Å². The van der Waals surface area contributed by atoms with Crippen LogP contribution in [0.15, 0.2) is 91.5 Å². The number of pyridine rings is 3. The number of aryl methyl sites for hydroxylation is 1. The van der Waals surface area contributed by atoms with Gasteiger partial charge >= 0.3 is 0 Å². The topological polar surface area (TPSA) is 155 Å². The molecule has 6 heterocycles. The molecule has 4 aromatic heterocycles. The van der Waals surface area contributed by atoms with Crippen LogP contribution in [0.1, 0.15) is 71.2 Å². The SMILES string of the molecule is Cn1c2ccncc2c2ccc(-c3ccc(O[C@H]4C[C@@H](Oc5ccc(C#CCCCCOc6ccc7c(c6)C(=O)N(C6CCC(=O)NC6=O)C7=O)cn5)C4)nc3)cc21. The lowest BCUT2D eigenvalue weighted by Gasteiger charge is -2.34. The van der Waals surface area contributed by atoms with Gasteiger partial charge in [0, 0.05) is 97.1 Å². The summed E-state index contributed by atoms with van der Waals surface area (Å²) in [6.07, 6.45) is 11.2. The Bertz CT molecular complexity index is 2660. The number of benzene rings is 2. The Morgan fingerprint density at radius 2 is 1.55 bits per heavy atom. The highest BCUT2D eigenvalue weighted by molar-refractivity contribution is 6.23. The molecule has 1 aliphatic carbocycles. The lowest BCUT2D eigenvalue weighted by atomic mass is 9.92. The van der Waals surface area contributed by atoms with Crippen molar-refractivity contribution < 1.29 is 33.4 Å². The third-order valence-corrected chi connectivity index (χ3v) is 10.8. The fourth-order valence-corrected chi connectivity index (χ4v) is 7.64. The van der Waals surface area contributed by atoms with Gasteiger partial charge in [-0.05, 0) is 67.3 Å². The molecular formula is C45H38N6O7. The molecule has 0 radical (unpaired) electrons.